The van der Waals surface area contributed by atoms with Crippen molar-refractivity contribution in [2.75, 3.05) is 12.3 Å². The molecule has 0 unspecified atom stereocenters. The molecule has 1 aromatic carbocycles. The van der Waals surface area contributed by atoms with Crippen LogP contribution < -0.4 is 5.23 Å². The Bertz CT molecular complexity index is 188. The van der Waals surface area contributed by atoms with Gasteiger partial charge in [0, 0.05) is 0 Å². The Morgan fingerprint density at radius 2 is 1.90 bits per heavy atom. The largest absolute Gasteiger partial charge is 0.733 e. The minimum absolute atomic E-state index is 0.458. The quantitative estimate of drug-likeness (QED) is 0.581. The zero-order valence-electron chi connectivity index (χ0n) is 5.65. The molecule has 0 aromatic heterocycles. The van der Waals surface area contributed by atoms with Crippen LogP contribution in [0.25, 0.3) is 0 Å². The molecular formula is C7H8NO2-. The first kappa shape index (κ1) is 7.05. The fraction of sp³-hybridized carbons (Fsp3) is 0.143. The van der Waals surface area contributed by atoms with Gasteiger partial charge in [0.05, 0.1) is 12.8 Å². The van der Waals surface area contributed by atoms with Crippen molar-refractivity contribution in [1.82, 2.24) is 0 Å². The Kier molecular flexibility index (Phi) is 2.25. The lowest BCUT2D eigenvalue weighted by atomic mass is 10.3. The molecule has 3 nitrogen and oxygen atoms in total. The second-order valence-electron chi connectivity index (χ2n) is 1.78. The van der Waals surface area contributed by atoms with Crippen molar-refractivity contribution in [2.45, 2.75) is 0 Å². The van der Waals surface area contributed by atoms with E-state index >= 15 is 0 Å². The van der Waals surface area contributed by atoms with Crippen molar-refractivity contribution in [3.63, 3.8) is 0 Å². The second-order valence-corrected chi connectivity index (χ2v) is 1.78. The third kappa shape index (κ3) is 1.46. The Hall–Kier alpha value is -1.06. The smallest absolute Gasteiger partial charge is 0.0629 e. The van der Waals surface area contributed by atoms with Crippen molar-refractivity contribution >= 4 is 5.69 Å². The van der Waals surface area contributed by atoms with Gasteiger partial charge < -0.3 is 10.4 Å². The van der Waals surface area contributed by atoms with Gasteiger partial charge in [0.15, 0.2) is 0 Å². The second kappa shape index (κ2) is 3.20. The number of benzene rings is 1. The molecule has 0 bridgehead atoms. The Morgan fingerprint density at radius 3 is 2.40 bits per heavy atom. The predicted octanol–water partition coefficient (Wildman–Crippen LogP) is 1.55. The average molecular weight is 138 g/mol. The van der Waals surface area contributed by atoms with Crippen LogP contribution >= 0.6 is 0 Å². The maximum Gasteiger partial charge on any atom is 0.0629 e. The van der Waals surface area contributed by atoms with E-state index < -0.39 is 0 Å². The van der Waals surface area contributed by atoms with Crippen LogP contribution in [0.5, 0.6) is 0 Å². The van der Waals surface area contributed by atoms with Crippen molar-refractivity contribution in [3.8, 4) is 0 Å². The summed E-state index contributed by atoms with van der Waals surface area (Å²) in [6, 6.07) is 8.75. The van der Waals surface area contributed by atoms with Gasteiger partial charge in [0.2, 0.25) is 0 Å². The molecule has 0 aliphatic carbocycles. The zero-order chi connectivity index (χ0) is 7.40. The third-order valence-corrected chi connectivity index (χ3v) is 1.13. The Labute approximate surface area is 59.4 Å². The molecule has 3 heteroatoms. The number of para-hydroxylation sites is 1. The summed E-state index contributed by atoms with van der Waals surface area (Å²) in [6.07, 6.45) is 0. The molecule has 0 atom stereocenters. The van der Waals surface area contributed by atoms with E-state index in [-0.39, 0.29) is 0 Å². The molecule has 0 amide bonds. The monoisotopic (exact) mass is 138 g/mol. The molecule has 0 saturated carbocycles. The molecular weight excluding hydrogens is 130 g/mol. The summed E-state index contributed by atoms with van der Waals surface area (Å²) in [5.41, 5.74) is 0.505. The van der Waals surface area contributed by atoms with Gasteiger partial charge in [-0.15, -0.1) is 0 Å². The fourth-order valence-corrected chi connectivity index (χ4v) is 0.655. The van der Waals surface area contributed by atoms with Crippen molar-refractivity contribution < 1.29 is 4.84 Å². The molecule has 10 heavy (non-hydrogen) atoms. The van der Waals surface area contributed by atoms with Crippen LogP contribution in [0, 0.1) is 5.21 Å². The van der Waals surface area contributed by atoms with E-state index in [0.717, 1.165) is 0 Å². The highest BCUT2D eigenvalue weighted by atomic mass is 16.9. The van der Waals surface area contributed by atoms with Gasteiger partial charge in [-0.05, 0) is 12.1 Å². The third-order valence-electron chi connectivity index (χ3n) is 1.13. The standard InChI is InChI=1S/C7H8NO2/c1-10-8(9)7-5-3-2-4-6-7/h2-6H,1H3/q-1. The molecule has 0 heterocycles. The highest BCUT2D eigenvalue weighted by Crippen LogP contribution is 2.10. The Balaban J connectivity index is 2.75. The minimum Gasteiger partial charge on any atom is -0.733 e. The van der Waals surface area contributed by atoms with Gasteiger partial charge in [-0.25, -0.2) is 0 Å². The van der Waals surface area contributed by atoms with E-state index in [1.807, 2.05) is 6.07 Å². The first-order valence-corrected chi connectivity index (χ1v) is 2.91. The number of rotatable bonds is 2. The summed E-state index contributed by atoms with van der Waals surface area (Å²) in [5.74, 6) is 0. The fourth-order valence-electron chi connectivity index (χ4n) is 0.655. The maximum atomic E-state index is 10.7. The summed E-state index contributed by atoms with van der Waals surface area (Å²) in [7, 11) is 1.33. The number of nitrogens with zero attached hydrogens (tertiary/aromatic N) is 1. The molecule has 0 saturated heterocycles. The molecule has 0 aliphatic heterocycles. The van der Waals surface area contributed by atoms with Crippen LogP contribution in [0.4, 0.5) is 5.69 Å². The highest BCUT2D eigenvalue weighted by Gasteiger charge is 1.88. The van der Waals surface area contributed by atoms with E-state index in [2.05, 4.69) is 4.84 Å². The van der Waals surface area contributed by atoms with Crippen molar-refractivity contribution in [2.24, 2.45) is 0 Å². The molecule has 0 N–H and O–H groups in total. The van der Waals surface area contributed by atoms with Crippen LogP contribution in [-0.2, 0) is 4.84 Å². The van der Waals surface area contributed by atoms with Crippen LogP contribution in [0.1, 0.15) is 0 Å². The van der Waals surface area contributed by atoms with Gasteiger partial charge in [-0.1, -0.05) is 18.2 Å². The van der Waals surface area contributed by atoms with E-state index in [9.17, 15) is 5.21 Å². The summed E-state index contributed by atoms with van der Waals surface area (Å²) in [4.78, 5) is 4.41. The van der Waals surface area contributed by atoms with Gasteiger partial charge in [-0.2, -0.15) is 0 Å². The minimum atomic E-state index is 0.458. The van der Waals surface area contributed by atoms with Crippen LogP contribution in [0.2, 0.25) is 0 Å². The highest BCUT2D eigenvalue weighted by molar-refractivity contribution is 5.43. The molecule has 0 radical (unpaired) electrons. The maximum absolute atomic E-state index is 10.7. The number of anilines is 1. The van der Waals surface area contributed by atoms with Crippen LogP contribution in [-0.4, -0.2) is 7.11 Å². The molecule has 1 rings (SSSR count). The van der Waals surface area contributed by atoms with Gasteiger partial charge in [0.25, 0.3) is 0 Å². The summed E-state index contributed by atoms with van der Waals surface area (Å²) in [5, 5.41) is 11.2. The lowest BCUT2D eigenvalue weighted by Gasteiger charge is -2.26. The zero-order valence-corrected chi connectivity index (χ0v) is 5.65. The van der Waals surface area contributed by atoms with E-state index in [1.54, 1.807) is 24.3 Å². The van der Waals surface area contributed by atoms with Crippen LogP contribution in [0.3, 0.4) is 0 Å². The summed E-state index contributed by atoms with van der Waals surface area (Å²) >= 11 is 0. The van der Waals surface area contributed by atoms with E-state index in [0.29, 0.717) is 10.9 Å². The molecule has 0 aliphatic rings. The molecule has 0 spiro atoms. The topological polar surface area (TPSA) is 35.5 Å². The molecule has 0 fully saturated rings. The van der Waals surface area contributed by atoms with Crippen molar-refractivity contribution in [3.05, 3.63) is 35.5 Å². The summed E-state index contributed by atoms with van der Waals surface area (Å²) < 4.78 is 0. The lowest BCUT2D eigenvalue weighted by molar-refractivity contribution is 0.198. The predicted molar refractivity (Wildman–Crippen MR) is 39.3 cm³/mol. The number of hydrogen-bond acceptors (Lipinski definition) is 3. The summed E-state index contributed by atoms with van der Waals surface area (Å²) in [6.45, 7) is 0. The van der Waals surface area contributed by atoms with E-state index in [4.69, 9.17) is 0 Å². The van der Waals surface area contributed by atoms with Gasteiger partial charge >= 0.3 is 0 Å². The van der Waals surface area contributed by atoms with Gasteiger partial charge in [-0.3, -0.25) is 4.84 Å². The number of hydrogen-bond donors (Lipinski definition) is 0. The van der Waals surface area contributed by atoms with E-state index in [1.165, 1.54) is 7.11 Å². The SMILES string of the molecule is CON([O-])c1ccccc1. The molecule has 1 aromatic rings. The lowest BCUT2D eigenvalue weighted by Crippen LogP contribution is -2.11. The van der Waals surface area contributed by atoms with Crippen molar-refractivity contribution in [1.29, 1.82) is 0 Å². The Morgan fingerprint density at radius 1 is 1.30 bits per heavy atom. The first-order chi connectivity index (χ1) is 4.84. The first-order valence-electron chi connectivity index (χ1n) is 2.91. The average Bonchev–Trinajstić information content (AvgIpc) is 2.05. The normalized spacial score (nSPS) is 9.40. The van der Waals surface area contributed by atoms with Crippen LogP contribution in [0.15, 0.2) is 30.3 Å². The van der Waals surface area contributed by atoms with Gasteiger partial charge in [0.1, 0.15) is 0 Å². The molecule has 54 valence electrons.